The molecule has 0 spiro atoms. The van der Waals surface area contributed by atoms with Gasteiger partial charge in [0.15, 0.2) is 11.5 Å². The fraction of sp³-hybridized carbons (Fsp3) is 0.235. The van der Waals surface area contributed by atoms with Gasteiger partial charge in [0.05, 0.1) is 28.8 Å². The molecule has 0 aromatic heterocycles. The van der Waals surface area contributed by atoms with Crippen molar-refractivity contribution in [3.63, 3.8) is 0 Å². The van der Waals surface area contributed by atoms with Crippen LogP contribution in [0, 0.1) is 0 Å². The Morgan fingerprint density at radius 1 is 1.03 bits per heavy atom. The van der Waals surface area contributed by atoms with Crippen LogP contribution in [-0.2, 0) is 14.8 Å². The van der Waals surface area contributed by atoms with Gasteiger partial charge in [0.1, 0.15) is 0 Å². The number of carbonyl (C=O) groups is 1. The van der Waals surface area contributed by atoms with E-state index < -0.39 is 22.1 Å². The maximum atomic E-state index is 12.6. The van der Waals surface area contributed by atoms with Gasteiger partial charge in [-0.3, -0.25) is 9.52 Å². The quantitative estimate of drug-likeness (QED) is 0.739. The van der Waals surface area contributed by atoms with Crippen molar-refractivity contribution in [1.29, 1.82) is 0 Å². The SMILES string of the molecule is O=C(Nc1ccc(S(=O)(=O)Nc2cc3c(cc2Cl)OCCCO3)cc1)C(F)(F)F. The van der Waals surface area contributed by atoms with Crippen LogP contribution in [-0.4, -0.2) is 33.7 Å². The number of hydrogen-bond acceptors (Lipinski definition) is 5. The van der Waals surface area contributed by atoms with E-state index in [2.05, 4.69) is 4.72 Å². The Bertz CT molecular complexity index is 1030. The molecule has 0 atom stereocenters. The zero-order valence-corrected chi connectivity index (χ0v) is 16.1. The molecule has 0 aliphatic carbocycles. The molecule has 1 aliphatic rings. The molecule has 0 radical (unpaired) electrons. The van der Waals surface area contributed by atoms with Gasteiger partial charge in [-0.1, -0.05) is 11.6 Å². The van der Waals surface area contributed by atoms with Crippen molar-refractivity contribution in [2.24, 2.45) is 0 Å². The van der Waals surface area contributed by atoms with Crippen LogP contribution in [0.2, 0.25) is 5.02 Å². The van der Waals surface area contributed by atoms with Gasteiger partial charge < -0.3 is 14.8 Å². The molecule has 156 valence electrons. The Morgan fingerprint density at radius 3 is 2.21 bits per heavy atom. The molecule has 2 N–H and O–H groups in total. The lowest BCUT2D eigenvalue weighted by atomic mass is 10.3. The number of halogens is 4. The molecule has 0 saturated carbocycles. The second-order valence-corrected chi connectivity index (χ2v) is 8.00. The summed E-state index contributed by atoms with van der Waals surface area (Å²) in [4.78, 5) is 10.7. The van der Waals surface area contributed by atoms with Gasteiger partial charge in [0.2, 0.25) is 0 Å². The van der Waals surface area contributed by atoms with E-state index >= 15 is 0 Å². The van der Waals surface area contributed by atoms with Gasteiger partial charge in [-0.05, 0) is 24.3 Å². The van der Waals surface area contributed by atoms with E-state index in [4.69, 9.17) is 21.1 Å². The predicted molar refractivity (Wildman–Crippen MR) is 99.0 cm³/mol. The van der Waals surface area contributed by atoms with E-state index in [-0.39, 0.29) is 21.3 Å². The van der Waals surface area contributed by atoms with Gasteiger partial charge in [-0.15, -0.1) is 0 Å². The number of anilines is 2. The molecule has 0 fully saturated rings. The van der Waals surface area contributed by atoms with Gasteiger partial charge in [0, 0.05) is 24.2 Å². The number of carbonyl (C=O) groups excluding carboxylic acids is 1. The zero-order valence-electron chi connectivity index (χ0n) is 14.5. The number of hydrogen-bond donors (Lipinski definition) is 2. The summed E-state index contributed by atoms with van der Waals surface area (Å²) in [5.74, 6) is -1.44. The Kier molecular flexibility index (Phi) is 5.80. The minimum atomic E-state index is -5.06. The van der Waals surface area contributed by atoms with Crippen LogP contribution in [0.4, 0.5) is 24.5 Å². The topological polar surface area (TPSA) is 93.7 Å². The summed E-state index contributed by atoms with van der Waals surface area (Å²) in [7, 11) is -4.11. The van der Waals surface area contributed by atoms with Crippen molar-refractivity contribution in [2.75, 3.05) is 23.3 Å². The van der Waals surface area contributed by atoms with Crippen molar-refractivity contribution in [2.45, 2.75) is 17.5 Å². The molecule has 2 aromatic carbocycles. The Balaban J connectivity index is 1.79. The first-order valence-corrected chi connectivity index (χ1v) is 10.0. The number of rotatable bonds is 4. The van der Waals surface area contributed by atoms with E-state index in [1.165, 1.54) is 12.1 Å². The summed E-state index contributed by atoms with van der Waals surface area (Å²) in [6.45, 7) is 0.831. The summed E-state index contributed by atoms with van der Waals surface area (Å²) in [6.07, 6.45) is -4.40. The van der Waals surface area contributed by atoms with Crippen LogP contribution < -0.4 is 19.5 Å². The molecule has 29 heavy (non-hydrogen) atoms. The van der Waals surface area contributed by atoms with Crippen LogP contribution in [0.3, 0.4) is 0 Å². The van der Waals surface area contributed by atoms with Gasteiger partial charge in [0.25, 0.3) is 10.0 Å². The number of nitrogens with one attached hydrogen (secondary N) is 2. The second-order valence-electron chi connectivity index (χ2n) is 5.91. The summed E-state index contributed by atoms with van der Waals surface area (Å²) in [6, 6.07) is 6.98. The number of amides is 1. The molecule has 1 heterocycles. The van der Waals surface area contributed by atoms with Crippen LogP contribution in [0.15, 0.2) is 41.3 Å². The molecule has 12 heteroatoms. The number of fused-ring (bicyclic) bond motifs is 1. The first kappa shape index (κ1) is 21.1. The summed E-state index contributed by atoms with van der Waals surface area (Å²) < 4.78 is 75.2. The highest BCUT2D eigenvalue weighted by molar-refractivity contribution is 7.92. The maximum absolute atomic E-state index is 12.6. The van der Waals surface area contributed by atoms with Crippen LogP contribution >= 0.6 is 11.6 Å². The van der Waals surface area contributed by atoms with E-state index in [0.717, 1.165) is 24.3 Å². The number of alkyl halides is 3. The molecule has 0 unspecified atom stereocenters. The summed E-state index contributed by atoms with van der Waals surface area (Å²) in [5, 5.41) is 1.70. The van der Waals surface area contributed by atoms with Crippen LogP contribution in [0.25, 0.3) is 0 Å². The highest BCUT2D eigenvalue weighted by Crippen LogP contribution is 2.38. The predicted octanol–water partition coefficient (Wildman–Crippen LogP) is 3.80. The molecular weight excluding hydrogens is 437 g/mol. The number of sulfonamides is 1. The first-order chi connectivity index (χ1) is 13.6. The highest BCUT2D eigenvalue weighted by Gasteiger charge is 2.38. The van der Waals surface area contributed by atoms with E-state index in [0.29, 0.717) is 31.1 Å². The lowest BCUT2D eigenvalue weighted by Crippen LogP contribution is -2.29. The van der Waals surface area contributed by atoms with Crippen molar-refractivity contribution in [1.82, 2.24) is 0 Å². The first-order valence-electron chi connectivity index (χ1n) is 8.16. The second kappa shape index (κ2) is 7.99. The molecule has 1 aliphatic heterocycles. The molecule has 1 amide bonds. The molecule has 0 bridgehead atoms. The molecule has 2 aromatic rings. The average Bonchev–Trinajstić information content (AvgIpc) is 2.86. The zero-order chi connectivity index (χ0) is 21.2. The minimum Gasteiger partial charge on any atom is -0.490 e. The van der Waals surface area contributed by atoms with Gasteiger partial charge in [-0.2, -0.15) is 13.2 Å². The third-order valence-electron chi connectivity index (χ3n) is 3.76. The van der Waals surface area contributed by atoms with E-state index in [9.17, 15) is 26.4 Å². The van der Waals surface area contributed by atoms with Crippen molar-refractivity contribution >= 4 is 38.9 Å². The van der Waals surface area contributed by atoms with Crippen molar-refractivity contribution in [3.8, 4) is 11.5 Å². The standard InChI is InChI=1S/C17H14ClF3N2O5S/c18-12-8-14-15(28-7-1-6-27-14)9-13(12)23-29(25,26)11-4-2-10(3-5-11)22-16(24)17(19,20)21/h2-5,8-9,23H,1,6-7H2,(H,22,24). The number of benzene rings is 2. The smallest absolute Gasteiger partial charge is 0.471 e. The Hall–Kier alpha value is -2.66. The maximum Gasteiger partial charge on any atom is 0.471 e. The molecule has 3 rings (SSSR count). The van der Waals surface area contributed by atoms with Gasteiger partial charge >= 0.3 is 12.1 Å². The van der Waals surface area contributed by atoms with Gasteiger partial charge in [-0.25, -0.2) is 8.42 Å². The largest absolute Gasteiger partial charge is 0.490 e. The normalized spacial score (nSPS) is 14.1. The summed E-state index contributed by atoms with van der Waals surface area (Å²) in [5.41, 5.74) is -0.162. The molecule has 7 nitrogen and oxygen atoms in total. The van der Waals surface area contributed by atoms with E-state index in [1.54, 1.807) is 5.32 Å². The fourth-order valence-electron chi connectivity index (χ4n) is 2.39. The Morgan fingerprint density at radius 2 is 1.62 bits per heavy atom. The van der Waals surface area contributed by atoms with Crippen molar-refractivity contribution in [3.05, 3.63) is 41.4 Å². The fourth-order valence-corrected chi connectivity index (χ4v) is 3.71. The third kappa shape index (κ3) is 5.04. The lowest BCUT2D eigenvalue weighted by molar-refractivity contribution is -0.167. The highest BCUT2D eigenvalue weighted by atomic mass is 35.5. The summed E-state index contributed by atoms with van der Waals surface area (Å²) >= 11 is 6.12. The minimum absolute atomic E-state index is 0.0466. The van der Waals surface area contributed by atoms with Crippen LogP contribution in [0.5, 0.6) is 11.5 Å². The lowest BCUT2D eigenvalue weighted by Gasteiger charge is -2.14. The monoisotopic (exact) mass is 450 g/mol. The molecular formula is C17H14ClF3N2O5S. The van der Waals surface area contributed by atoms with Crippen molar-refractivity contribution < 1.29 is 35.9 Å². The van der Waals surface area contributed by atoms with E-state index in [1.807, 2.05) is 0 Å². The average molecular weight is 451 g/mol. The molecule has 0 saturated heterocycles. The Labute approximate surface area is 168 Å². The number of ether oxygens (including phenoxy) is 2. The van der Waals surface area contributed by atoms with Crippen LogP contribution in [0.1, 0.15) is 6.42 Å². The third-order valence-corrected chi connectivity index (χ3v) is 5.46.